The standard InChI is InChI=1S/C44H46F4N8O5/c1-2-54-41-37(36(28-12-14-31(45)15-13-28)38(42(54)58)50-40(57)29-7-3-8-30(23-29)44(46,47)48)39(43(59)55-17-5-10-33(55)25-49)51-56(41)32-9-4-11-35(24-32)61-22-6-16-52-18-20-53(21-19-52)34-26-60-27-34/h3-4,7-9,11-15,23-24,33-34,36,38H,2,5-6,10,16-22,26-27H2,1H3,(H,50,57)/t33-,36-,38-/m0/s1. The molecular formula is C44H46F4N8O5. The first-order chi connectivity index (χ1) is 29.4. The number of fused-ring (bicyclic) bond motifs is 1. The number of carbonyl (C=O) groups is 3. The molecule has 320 valence electrons. The largest absolute Gasteiger partial charge is 0.493 e. The molecule has 0 aliphatic carbocycles. The first-order valence-corrected chi connectivity index (χ1v) is 20.6. The molecule has 4 aromatic rings. The van der Waals surface area contributed by atoms with Crippen molar-refractivity contribution in [2.45, 2.75) is 56.4 Å². The number of likely N-dealkylation sites (tertiary alicyclic amines) is 1. The van der Waals surface area contributed by atoms with Crippen molar-refractivity contribution < 1.29 is 41.4 Å². The van der Waals surface area contributed by atoms with Crippen molar-refractivity contribution >= 4 is 23.5 Å². The Morgan fingerprint density at radius 1 is 1.00 bits per heavy atom. The minimum Gasteiger partial charge on any atom is -0.493 e. The lowest BCUT2D eigenvalue weighted by Gasteiger charge is -2.42. The quantitative estimate of drug-likeness (QED) is 0.150. The Hall–Kier alpha value is -5.83. The van der Waals surface area contributed by atoms with Gasteiger partial charge in [0.25, 0.3) is 17.7 Å². The van der Waals surface area contributed by atoms with Crippen molar-refractivity contribution in [2.75, 3.05) is 70.5 Å². The van der Waals surface area contributed by atoms with Crippen molar-refractivity contribution in [3.05, 3.63) is 107 Å². The van der Waals surface area contributed by atoms with E-state index < -0.39 is 53.3 Å². The third-order valence-corrected chi connectivity index (χ3v) is 12.0. The number of benzene rings is 3. The Bertz CT molecular complexity index is 2300. The number of carbonyl (C=O) groups excluding carboxylic acids is 3. The number of alkyl halides is 3. The van der Waals surface area contributed by atoms with Crippen LogP contribution in [0.15, 0.2) is 72.8 Å². The highest BCUT2D eigenvalue weighted by atomic mass is 19.4. The number of nitriles is 1. The summed E-state index contributed by atoms with van der Waals surface area (Å²) in [6.45, 7) is 8.91. The average molecular weight is 843 g/mol. The van der Waals surface area contributed by atoms with Gasteiger partial charge >= 0.3 is 6.18 Å². The van der Waals surface area contributed by atoms with Crippen LogP contribution in [0.2, 0.25) is 0 Å². The van der Waals surface area contributed by atoms with Gasteiger partial charge in [0, 0.05) is 68.9 Å². The monoisotopic (exact) mass is 842 g/mol. The topological polar surface area (TPSA) is 136 Å². The number of likely N-dealkylation sites (N-methyl/N-ethyl adjacent to an activating group) is 1. The van der Waals surface area contributed by atoms with Crippen LogP contribution in [0.25, 0.3) is 5.69 Å². The lowest BCUT2D eigenvalue weighted by Crippen LogP contribution is -2.56. The van der Waals surface area contributed by atoms with Gasteiger partial charge in [0.15, 0.2) is 5.69 Å². The van der Waals surface area contributed by atoms with Crippen LogP contribution < -0.4 is 15.0 Å². The molecule has 3 amide bonds. The molecule has 61 heavy (non-hydrogen) atoms. The Kier molecular flexibility index (Phi) is 12.1. The first kappa shape index (κ1) is 41.9. The fraction of sp³-hybridized carbons (Fsp3) is 0.432. The highest BCUT2D eigenvalue weighted by Crippen LogP contribution is 2.45. The van der Waals surface area contributed by atoms with Crippen molar-refractivity contribution in [2.24, 2.45) is 0 Å². The highest BCUT2D eigenvalue weighted by Gasteiger charge is 2.48. The number of hydrogen-bond acceptors (Lipinski definition) is 9. The Balaban J connectivity index is 1.15. The fourth-order valence-electron chi connectivity index (χ4n) is 8.68. The highest BCUT2D eigenvalue weighted by molar-refractivity contribution is 6.07. The maximum atomic E-state index is 14.8. The van der Waals surface area contributed by atoms with Crippen molar-refractivity contribution in [3.8, 4) is 17.5 Å². The van der Waals surface area contributed by atoms with E-state index >= 15 is 0 Å². The van der Waals surface area contributed by atoms with Crippen LogP contribution in [0, 0.1) is 17.1 Å². The predicted octanol–water partition coefficient (Wildman–Crippen LogP) is 5.24. The minimum atomic E-state index is -4.73. The summed E-state index contributed by atoms with van der Waals surface area (Å²) in [5, 5.41) is 17.5. The minimum absolute atomic E-state index is 0.0423. The van der Waals surface area contributed by atoms with Crippen LogP contribution in [-0.2, 0) is 15.7 Å². The third-order valence-electron chi connectivity index (χ3n) is 12.0. The maximum Gasteiger partial charge on any atom is 0.416 e. The van der Waals surface area contributed by atoms with Crippen LogP contribution in [0.3, 0.4) is 0 Å². The van der Waals surface area contributed by atoms with E-state index in [0.29, 0.717) is 48.6 Å². The van der Waals surface area contributed by atoms with Crippen LogP contribution in [0.1, 0.15) is 69.6 Å². The van der Waals surface area contributed by atoms with Gasteiger partial charge in [-0.3, -0.25) is 24.2 Å². The summed E-state index contributed by atoms with van der Waals surface area (Å²) in [6, 6.07) is 16.6. The van der Waals surface area contributed by atoms with E-state index in [1.165, 1.54) is 44.8 Å². The second-order valence-corrected chi connectivity index (χ2v) is 15.7. The van der Waals surface area contributed by atoms with Gasteiger partial charge in [-0.05, 0) is 74.2 Å². The number of anilines is 1. The number of amides is 3. The summed E-state index contributed by atoms with van der Waals surface area (Å²) in [4.78, 5) is 51.0. The van der Waals surface area contributed by atoms with Crippen molar-refractivity contribution in [1.82, 2.24) is 29.8 Å². The molecule has 0 saturated carbocycles. The average Bonchev–Trinajstić information content (AvgIpc) is 3.89. The smallest absolute Gasteiger partial charge is 0.416 e. The molecule has 4 aliphatic rings. The lowest BCUT2D eigenvalue weighted by atomic mass is 9.80. The molecule has 0 radical (unpaired) electrons. The molecule has 1 aromatic heterocycles. The van der Waals surface area contributed by atoms with Gasteiger partial charge in [0.05, 0.1) is 43.2 Å². The van der Waals surface area contributed by atoms with Gasteiger partial charge in [-0.25, -0.2) is 9.07 Å². The molecule has 8 rings (SSSR count). The molecule has 5 heterocycles. The Labute approximate surface area is 350 Å². The van der Waals surface area contributed by atoms with Gasteiger partial charge in [0.2, 0.25) is 0 Å². The molecule has 3 saturated heterocycles. The van der Waals surface area contributed by atoms with E-state index in [1.54, 1.807) is 31.2 Å². The number of halogens is 4. The summed E-state index contributed by atoms with van der Waals surface area (Å²) < 4.78 is 68.6. The summed E-state index contributed by atoms with van der Waals surface area (Å²) in [5.41, 5.74) is -0.455. The number of ether oxygens (including phenoxy) is 2. The predicted molar refractivity (Wildman–Crippen MR) is 215 cm³/mol. The summed E-state index contributed by atoms with van der Waals surface area (Å²) in [5.74, 6) is -3.17. The van der Waals surface area contributed by atoms with E-state index in [0.717, 1.165) is 64.5 Å². The van der Waals surface area contributed by atoms with E-state index in [4.69, 9.17) is 14.6 Å². The fourth-order valence-corrected chi connectivity index (χ4v) is 8.68. The number of hydrogen-bond donors (Lipinski definition) is 1. The van der Waals surface area contributed by atoms with Gasteiger partial charge in [-0.1, -0.05) is 24.3 Å². The number of rotatable bonds is 12. The van der Waals surface area contributed by atoms with E-state index in [9.17, 15) is 37.2 Å². The first-order valence-electron chi connectivity index (χ1n) is 20.6. The molecule has 3 atom stereocenters. The summed E-state index contributed by atoms with van der Waals surface area (Å²) in [7, 11) is 0. The molecule has 4 aliphatic heterocycles. The number of nitrogens with zero attached hydrogens (tertiary/aromatic N) is 7. The third kappa shape index (κ3) is 8.57. The maximum absolute atomic E-state index is 14.8. The molecule has 3 fully saturated rings. The van der Waals surface area contributed by atoms with Crippen LogP contribution in [-0.4, -0.2) is 126 Å². The van der Waals surface area contributed by atoms with E-state index in [1.807, 2.05) is 0 Å². The molecule has 0 spiro atoms. The molecule has 1 N–H and O–H groups in total. The summed E-state index contributed by atoms with van der Waals surface area (Å²) >= 11 is 0. The number of aromatic nitrogens is 2. The van der Waals surface area contributed by atoms with Crippen LogP contribution in [0.5, 0.6) is 5.75 Å². The number of piperazine rings is 1. The molecular weight excluding hydrogens is 797 g/mol. The molecule has 3 aromatic carbocycles. The Morgan fingerprint density at radius 2 is 1.75 bits per heavy atom. The van der Waals surface area contributed by atoms with Crippen molar-refractivity contribution in [1.29, 1.82) is 5.26 Å². The molecule has 0 bridgehead atoms. The second-order valence-electron chi connectivity index (χ2n) is 15.7. The lowest BCUT2D eigenvalue weighted by molar-refractivity contribution is -0.137. The van der Waals surface area contributed by atoms with Crippen molar-refractivity contribution in [3.63, 3.8) is 0 Å². The van der Waals surface area contributed by atoms with Crippen LogP contribution >= 0.6 is 0 Å². The normalized spacial score (nSPS) is 21.2. The van der Waals surface area contributed by atoms with Gasteiger partial charge in [0.1, 0.15) is 29.5 Å². The van der Waals surface area contributed by atoms with E-state index in [2.05, 4.69) is 21.2 Å². The summed E-state index contributed by atoms with van der Waals surface area (Å²) in [6.07, 6.45) is -2.91. The zero-order valence-electron chi connectivity index (χ0n) is 33.6. The number of nitrogens with one attached hydrogen (secondary N) is 1. The van der Waals surface area contributed by atoms with Gasteiger partial charge in [-0.2, -0.15) is 23.5 Å². The zero-order chi connectivity index (χ0) is 42.8. The van der Waals surface area contributed by atoms with Gasteiger partial charge < -0.3 is 24.6 Å². The second kappa shape index (κ2) is 17.6. The molecule has 0 unspecified atom stereocenters. The molecule has 17 heteroatoms. The van der Waals surface area contributed by atoms with E-state index in [-0.39, 0.29) is 35.7 Å². The molecule has 13 nitrogen and oxygen atoms in total. The zero-order valence-corrected chi connectivity index (χ0v) is 33.6. The Morgan fingerprint density at radius 3 is 2.44 bits per heavy atom. The van der Waals surface area contributed by atoms with Crippen LogP contribution in [0.4, 0.5) is 23.4 Å². The van der Waals surface area contributed by atoms with Gasteiger partial charge in [-0.15, -0.1) is 0 Å². The SMILES string of the molecule is CCN1C(=O)[C@@H](NC(=O)c2cccc(C(F)(F)F)c2)[C@@H](c2ccc(F)cc2)c2c(C(=O)N3CCC[C@H]3C#N)nn(-c3cccc(OCCCN4CCN(C5COC5)CC4)c3)c21.